The summed E-state index contributed by atoms with van der Waals surface area (Å²) in [5.74, 6) is -0.782. The molecule has 0 heterocycles. The van der Waals surface area contributed by atoms with Crippen molar-refractivity contribution in [2.45, 2.75) is 103 Å². The van der Waals surface area contributed by atoms with Crippen LogP contribution < -0.4 is 16.4 Å². The van der Waals surface area contributed by atoms with Gasteiger partial charge < -0.3 is 49.9 Å². The van der Waals surface area contributed by atoms with Gasteiger partial charge in [-0.1, -0.05) is 77.0 Å². The summed E-state index contributed by atoms with van der Waals surface area (Å²) in [6, 6.07) is 0. The van der Waals surface area contributed by atoms with Gasteiger partial charge >= 0.3 is 5.97 Å². The molecule has 0 radical (unpaired) electrons. The first-order valence-electron chi connectivity index (χ1n) is 18.0. The van der Waals surface area contributed by atoms with E-state index in [-0.39, 0.29) is 18.4 Å². The second kappa shape index (κ2) is 38.6. The van der Waals surface area contributed by atoms with E-state index < -0.39 is 5.97 Å². The number of carboxylic acids is 1. The molecular formula is C34H67N3O10. The highest BCUT2D eigenvalue weighted by Crippen LogP contribution is 2.13. The maximum Gasteiger partial charge on any atom is 0.303 e. The molecule has 0 aliphatic heterocycles. The summed E-state index contributed by atoms with van der Waals surface area (Å²) in [6.45, 7) is 6.33. The van der Waals surface area contributed by atoms with E-state index in [1.54, 1.807) is 0 Å². The van der Waals surface area contributed by atoms with E-state index >= 15 is 0 Å². The standard InChI is InChI=1S/C34H67N3O10/c35-17-18-36-33(39)31-47-30-29-46-28-27-45-26-25-44-24-23-43-22-21-42-20-19-37-32(38)15-13-11-9-7-5-3-1-2-4-6-8-10-12-14-16-34(40)41/h1-31,35H2,(H,36,39)(H,37,38)(H,40,41). The Morgan fingerprint density at radius 1 is 0.426 bits per heavy atom. The Kier molecular flexibility index (Phi) is 37.0. The Bertz CT molecular complexity index is 703. The quantitative estimate of drug-likeness (QED) is 0.0699. The highest BCUT2D eigenvalue weighted by atomic mass is 16.6. The number of nitrogens with two attached hydrogens (primary N) is 1. The maximum absolute atomic E-state index is 12.0. The minimum absolute atomic E-state index is 0.000832. The van der Waals surface area contributed by atoms with Crippen molar-refractivity contribution in [3.8, 4) is 0 Å². The maximum atomic E-state index is 12.0. The Morgan fingerprint density at radius 2 is 0.766 bits per heavy atom. The molecule has 0 rings (SSSR count). The molecule has 0 saturated heterocycles. The molecule has 0 bridgehead atoms. The largest absolute Gasteiger partial charge is 0.481 e. The molecule has 47 heavy (non-hydrogen) atoms. The molecule has 2 amide bonds. The molecule has 0 aromatic heterocycles. The number of rotatable bonds is 39. The van der Waals surface area contributed by atoms with Gasteiger partial charge in [-0.2, -0.15) is 0 Å². The summed E-state index contributed by atoms with van der Waals surface area (Å²) >= 11 is 0. The number of carbonyl (C=O) groups is 3. The van der Waals surface area contributed by atoms with Crippen molar-refractivity contribution in [1.82, 2.24) is 10.6 Å². The number of unbranched alkanes of at least 4 members (excludes halogenated alkanes) is 13. The zero-order chi connectivity index (χ0) is 34.3. The van der Waals surface area contributed by atoms with E-state index in [1.807, 2.05) is 0 Å². The number of carbonyl (C=O) groups excluding carboxylic acids is 2. The second-order valence-corrected chi connectivity index (χ2v) is 11.4. The molecule has 0 aliphatic rings. The summed E-state index contributed by atoms with van der Waals surface area (Å²) in [6.07, 6.45) is 17.3. The van der Waals surface area contributed by atoms with Crippen molar-refractivity contribution in [2.24, 2.45) is 5.73 Å². The lowest BCUT2D eigenvalue weighted by molar-refractivity contribution is -0.137. The fourth-order valence-electron chi connectivity index (χ4n) is 4.56. The number of carboxylic acid groups (broad SMARTS) is 1. The molecular weight excluding hydrogens is 610 g/mol. The van der Waals surface area contributed by atoms with Gasteiger partial charge in [-0.3, -0.25) is 14.4 Å². The Balaban J connectivity index is 3.18. The fourth-order valence-corrected chi connectivity index (χ4v) is 4.56. The van der Waals surface area contributed by atoms with E-state index in [4.69, 9.17) is 39.3 Å². The average Bonchev–Trinajstić information content (AvgIpc) is 3.06. The third kappa shape index (κ3) is 40.2. The summed E-state index contributed by atoms with van der Waals surface area (Å²) in [5.41, 5.74) is 5.30. The van der Waals surface area contributed by atoms with E-state index in [1.165, 1.54) is 57.8 Å². The first kappa shape index (κ1) is 45.1. The van der Waals surface area contributed by atoms with Crippen LogP contribution in [0.1, 0.15) is 103 Å². The molecule has 0 unspecified atom stereocenters. The van der Waals surface area contributed by atoms with Gasteiger partial charge in [0, 0.05) is 32.5 Å². The summed E-state index contributed by atoms with van der Waals surface area (Å²) < 4.78 is 32.4. The number of nitrogens with one attached hydrogen (secondary N) is 2. The monoisotopic (exact) mass is 677 g/mol. The van der Waals surface area contributed by atoms with Crippen LogP contribution in [0.25, 0.3) is 0 Å². The molecule has 0 spiro atoms. The summed E-state index contributed by atoms with van der Waals surface area (Å²) in [7, 11) is 0. The molecule has 0 fully saturated rings. The van der Waals surface area contributed by atoms with Crippen molar-refractivity contribution in [3.05, 3.63) is 0 Å². The van der Waals surface area contributed by atoms with Gasteiger partial charge in [0.05, 0.1) is 72.7 Å². The average molecular weight is 678 g/mol. The number of hydrogen-bond donors (Lipinski definition) is 4. The molecule has 13 heteroatoms. The SMILES string of the molecule is NCCNC(=O)COCCOCCOCCOCCOCCOCCNC(=O)CCCCCCCCCCCCCCCCC(=O)O. The molecule has 0 aromatic carbocycles. The van der Waals surface area contributed by atoms with Crippen LogP contribution in [-0.4, -0.2) is 122 Å². The van der Waals surface area contributed by atoms with Gasteiger partial charge in [-0.25, -0.2) is 0 Å². The molecule has 13 nitrogen and oxygen atoms in total. The lowest BCUT2D eigenvalue weighted by Gasteiger charge is -2.09. The number of ether oxygens (including phenoxy) is 6. The van der Waals surface area contributed by atoms with E-state index in [0.29, 0.717) is 105 Å². The lowest BCUT2D eigenvalue weighted by Crippen LogP contribution is -2.32. The Labute approximate surface area is 283 Å². The predicted molar refractivity (Wildman–Crippen MR) is 181 cm³/mol. The third-order valence-electron chi connectivity index (χ3n) is 7.17. The smallest absolute Gasteiger partial charge is 0.303 e. The van der Waals surface area contributed by atoms with Crippen molar-refractivity contribution in [1.29, 1.82) is 0 Å². The molecule has 278 valence electrons. The third-order valence-corrected chi connectivity index (χ3v) is 7.17. The van der Waals surface area contributed by atoms with Crippen molar-refractivity contribution in [3.63, 3.8) is 0 Å². The van der Waals surface area contributed by atoms with Crippen LogP contribution in [0, 0.1) is 0 Å². The van der Waals surface area contributed by atoms with Crippen molar-refractivity contribution in [2.75, 3.05) is 98.9 Å². The van der Waals surface area contributed by atoms with Crippen LogP contribution in [0.5, 0.6) is 0 Å². The molecule has 0 saturated carbocycles. The predicted octanol–water partition coefficient (Wildman–Crippen LogP) is 3.60. The van der Waals surface area contributed by atoms with Crippen molar-refractivity contribution >= 4 is 17.8 Å². The summed E-state index contributed by atoms with van der Waals surface area (Å²) in [4.78, 5) is 33.7. The van der Waals surface area contributed by atoms with Crippen LogP contribution >= 0.6 is 0 Å². The normalized spacial score (nSPS) is 11.2. The minimum atomic E-state index is -0.685. The second-order valence-electron chi connectivity index (χ2n) is 11.4. The van der Waals surface area contributed by atoms with E-state index in [2.05, 4.69) is 10.6 Å². The van der Waals surface area contributed by atoms with Gasteiger partial charge in [0.2, 0.25) is 11.8 Å². The Morgan fingerprint density at radius 3 is 1.17 bits per heavy atom. The van der Waals surface area contributed by atoms with Gasteiger partial charge in [0.1, 0.15) is 6.61 Å². The highest BCUT2D eigenvalue weighted by Gasteiger charge is 2.02. The van der Waals surface area contributed by atoms with Crippen LogP contribution in [0.2, 0.25) is 0 Å². The molecule has 0 aliphatic carbocycles. The van der Waals surface area contributed by atoms with Crippen molar-refractivity contribution < 1.29 is 47.9 Å². The molecule has 5 N–H and O–H groups in total. The molecule has 0 aromatic rings. The van der Waals surface area contributed by atoms with Gasteiger partial charge in [0.25, 0.3) is 0 Å². The number of hydrogen-bond acceptors (Lipinski definition) is 10. The van der Waals surface area contributed by atoms with Gasteiger partial charge in [-0.15, -0.1) is 0 Å². The zero-order valence-electron chi connectivity index (χ0n) is 29.1. The van der Waals surface area contributed by atoms with Gasteiger partial charge in [-0.05, 0) is 12.8 Å². The van der Waals surface area contributed by atoms with Crippen LogP contribution in [-0.2, 0) is 42.8 Å². The van der Waals surface area contributed by atoms with Crippen LogP contribution in [0.4, 0.5) is 0 Å². The summed E-state index contributed by atoms with van der Waals surface area (Å²) in [5, 5.41) is 14.2. The fraction of sp³-hybridized carbons (Fsp3) is 0.912. The first-order chi connectivity index (χ1) is 23.1. The number of aliphatic carboxylic acids is 1. The zero-order valence-corrected chi connectivity index (χ0v) is 29.1. The lowest BCUT2D eigenvalue weighted by atomic mass is 10.0. The van der Waals surface area contributed by atoms with E-state index in [9.17, 15) is 14.4 Å². The number of amides is 2. The van der Waals surface area contributed by atoms with E-state index in [0.717, 1.165) is 32.1 Å². The van der Waals surface area contributed by atoms with Crippen LogP contribution in [0.15, 0.2) is 0 Å². The first-order valence-corrected chi connectivity index (χ1v) is 18.0. The Hall–Kier alpha value is -1.87. The molecule has 0 atom stereocenters. The minimum Gasteiger partial charge on any atom is -0.481 e. The topological polar surface area (TPSA) is 177 Å². The van der Waals surface area contributed by atoms with Gasteiger partial charge in [0.15, 0.2) is 0 Å². The van der Waals surface area contributed by atoms with Crippen LogP contribution in [0.3, 0.4) is 0 Å². The highest BCUT2D eigenvalue weighted by molar-refractivity contribution is 5.77.